The summed E-state index contributed by atoms with van der Waals surface area (Å²) in [5.41, 5.74) is -0.520. The van der Waals surface area contributed by atoms with Crippen LogP contribution in [0.5, 0.6) is 0 Å². The second-order valence-corrected chi connectivity index (χ2v) is 15.9. The zero-order valence-electron chi connectivity index (χ0n) is 30.2. The number of rotatable bonds is 13. The summed E-state index contributed by atoms with van der Waals surface area (Å²) >= 11 is 0. The fourth-order valence-corrected chi connectivity index (χ4v) is 8.09. The van der Waals surface area contributed by atoms with Crippen LogP contribution in [0.3, 0.4) is 0 Å². The summed E-state index contributed by atoms with van der Waals surface area (Å²) in [4.78, 5) is 88.1. The van der Waals surface area contributed by atoms with Crippen molar-refractivity contribution in [3.8, 4) is 0 Å². The van der Waals surface area contributed by atoms with E-state index >= 15 is 0 Å². The van der Waals surface area contributed by atoms with E-state index < -0.39 is 59.0 Å². The number of carbonyl (C=O) groups is 6. The lowest BCUT2D eigenvalue weighted by molar-refractivity contribution is -0.147. The molecule has 5 amide bonds. The van der Waals surface area contributed by atoms with Crippen LogP contribution in [0, 0.1) is 17.3 Å². The standard InChI is InChI=1S/C38H56N6O6/c1-5-13-26(31(45)36(49)40-25-19-20-25)41-34(47)29-22-24-16-9-10-18-28(24)44(29)37(50)32(38(2,3)4)43-35(48)30(23-14-7-6-8-15-23)42-33(46)27-17-11-12-21-39-27/h11-12,17,21,23-26,28-30,32H,5-10,13-16,18-20,22H2,1-4H3,(H,40,49)(H,41,47)(H,42,46)(H,43,48)/t24-,26-,28-,29-,30?,32+/m0/s1. The van der Waals surface area contributed by atoms with Gasteiger partial charge in [-0.2, -0.15) is 0 Å². The molecule has 3 saturated carbocycles. The Bertz CT molecular complexity index is 1400. The monoisotopic (exact) mass is 692 g/mol. The van der Waals surface area contributed by atoms with E-state index in [0.29, 0.717) is 19.3 Å². The zero-order chi connectivity index (χ0) is 36.0. The Morgan fingerprint density at radius 3 is 2.22 bits per heavy atom. The first-order valence-electron chi connectivity index (χ1n) is 18.9. The van der Waals surface area contributed by atoms with Gasteiger partial charge < -0.3 is 26.2 Å². The van der Waals surface area contributed by atoms with E-state index in [9.17, 15) is 28.8 Å². The molecule has 0 aromatic carbocycles. The highest BCUT2D eigenvalue weighted by atomic mass is 16.2. The SMILES string of the molecule is CCC[C@H](NC(=O)[C@@H]1C[C@@H]2CCCC[C@@H]2N1C(=O)[C@@H](NC(=O)C(NC(=O)c1ccccn1)C1CCCCC1)C(C)(C)C)C(=O)C(=O)NC1CC1. The van der Waals surface area contributed by atoms with Crippen LogP contribution in [0.1, 0.15) is 128 Å². The molecule has 1 aromatic rings. The van der Waals surface area contributed by atoms with Gasteiger partial charge in [-0.3, -0.25) is 33.8 Å². The molecular weight excluding hydrogens is 636 g/mol. The second-order valence-electron chi connectivity index (χ2n) is 15.9. The second kappa shape index (κ2) is 16.5. The van der Waals surface area contributed by atoms with E-state index in [1.165, 1.54) is 6.20 Å². The molecule has 1 aliphatic heterocycles. The molecule has 0 bridgehead atoms. The summed E-state index contributed by atoms with van der Waals surface area (Å²) in [5.74, 6) is -2.98. The first-order valence-corrected chi connectivity index (χ1v) is 18.9. The molecule has 6 atom stereocenters. The van der Waals surface area contributed by atoms with Gasteiger partial charge in [0.05, 0.1) is 6.04 Å². The van der Waals surface area contributed by atoms with Crippen molar-refractivity contribution in [2.45, 2.75) is 154 Å². The average Bonchev–Trinajstić information content (AvgIpc) is 3.84. The molecule has 1 aromatic heterocycles. The number of nitrogens with one attached hydrogen (secondary N) is 4. The van der Waals surface area contributed by atoms with E-state index in [2.05, 4.69) is 26.3 Å². The van der Waals surface area contributed by atoms with Crippen LogP contribution >= 0.6 is 0 Å². The van der Waals surface area contributed by atoms with Crippen molar-refractivity contribution in [2.75, 3.05) is 0 Å². The van der Waals surface area contributed by atoms with E-state index in [1.54, 1.807) is 23.1 Å². The minimum atomic E-state index is -0.985. The van der Waals surface area contributed by atoms with Gasteiger partial charge in [0.1, 0.15) is 23.8 Å². The summed E-state index contributed by atoms with van der Waals surface area (Å²) in [6.45, 7) is 7.54. The molecule has 2 heterocycles. The fourth-order valence-electron chi connectivity index (χ4n) is 8.09. The van der Waals surface area contributed by atoms with Gasteiger partial charge in [-0.15, -0.1) is 0 Å². The molecule has 274 valence electrons. The Morgan fingerprint density at radius 1 is 0.880 bits per heavy atom. The highest BCUT2D eigenvalue weighted by Gasteiger charge is 2.51. The number of hydrogen-bond acceptors (Lipinski definition) is 7. The van der Waals surface area contributed by atoms with Crippen LogP contribution in [-0.2, 0) is 24.0 Å². The maximum Gasteiger partial charge on any atom is 0.289 e. The maximum absolute atomic E-state index is 14.8. The van der Waals surface area contributed by atoms with Gasteiger partial charge in [-0.05, 0) is 80.8 Å². The van der Waals surface area contributed by atoms with Crippen LogP contribution in [0.2, 0.25) is 0 Å². The van der Waals surface area contributed by atoms with Crippen molar-refractivity contribution in [3.05, 3.63) is 30.1 Å². The number of fused-ring (bicyclic) bond motifs is 1. The number of ketones is 1. The molecule has 1 saturated heterocycles. The number of Topliss-reactive ketones (excluding diaryl/α,β-unsaturated/α-hetero) is 1. The Labute approximate surface area is 296 Å². The van der Waals surface area contributed by atoms with Crippen LogP contribution in [0.4, 0.5) is 0 Å². The van der Waals surface area contributed by atoms with E-state index in [1.807, 2.05) is 27.7 Å². The maximum atomic E-state index is 14.8. The number of hydrogen-bond donors (Lipinski definition) is 4. The number of nitrogens with zero attached hydrogens (tertiary/aromatic N) is 2. The number of pyridine rings is 1. The van der Waals surface area contributed by atoms with E-state index in [-0.39, 0.29) is 35.5 Å². The van der Waals surface area contributed by atoms with Crippen molar-refractivity contribution < 1.29 is 28.8 Å². The highest BCUT2D eigenvalue weighted by Crippen LogP contribution is 2.41. The first-order chi connectivity index (χ1) is 23.9. The van der Waals surface area contributed by atoms with Crippen molar-refractivity contribution in [3.63, 3.8) is 0 Å². The topological polar surface area (TPSA) is 167 Å². The van der Waals surface area contributed by atoms with Crippen LogP contribution in [0.25, 0.3) is 0 Å². The molecule has 5 rings (SSSR count). The van der Waals surface area contributed by atoms with Gasteiger partial charge in [-0.25, -0.2) is 0 Å². The predicted molar refractivity (Wildman–Crippen MR) is 187 cm³/mol. The summed E-state index contributed by atoms with van der Waals surface area (Å²) in [6.07, 6.45) is 12.7. The molecule has 0 spiro atoms. The molecule has 12 nitrogen and oxygen atoms in total. The summed E-state index contributed by atoms with van der Waals surface area (Å²) in [6, 6.07) is 1.22. The van der Waals surface area contributed by atoms with Crippen molar-refractivity contribution in [1.82, 2.24) is 31.2 Å². The van der Waals surface area contributed by atoms with Gasteiger partial charge in [0.25, 0.3) is 11.8 Å². The first kappa shape index (κ1) is 37.4. The lowest BCUT2D eigenvalue weighted by Crippen LogP contribution is -2.63. The van der Waals surface area contributed by atoms with Crippen LogP contribution in [0.15, 0.2) is 24.4 Å². The molecular formula is C38H56N6O6. The van der Waals surface area contributed by atoms with Gasteiger partial charge >= 0.3 is 0 Å². The Balaban J connectivity index is 1.38. The van der Waals surface area contributed by atoms with E-state index in [4.69, 9.17) is 0 Å². The fraction of sp³-hybridized carbons (Fsp3) is 0.711. The molecule has 50 heavy (non-hydrogen) atoms. The third-order valence-electron chi connectivity index (χ3n) is 11.0. The van der Waals surface area contributed by atoms with Gasteiger partial charge in [-0.1, -0.05) is 72.3 Å². The average molecular weight is 693 g/mol. The zero-order valence-corrected chi connectivity index (χ0v) is 30.2. The smallest absolute Gasteiger partial charge is 0.289 e. The Morgan fingerprint density at radius 2 is 1.58 bits per heavy atom. The third kappa shape index (κ3) is 9.09. The van der Waals surface area contributed by atoms with Crippen LogP contribution in [-0.4, -0.2) is 81.5 Å². The molecule has 0 radical (unpaired) electrons. The molecule has 12 heteroatoms. The largest absolute Gasteiger partial charge is 0.347 e. The summed E-state index contributed by atoms with van der Waals surface area (Å²) < 4.78 is 0. The number of amides is 5. The lowest BCUT2D eigenvalue weighted by atomic mass is 9.81. The number of carbonyl (C=O) groups excluding carboxylic acids is 6. The van der Waals surface area contributed by atoms with E-state index in [0.717, 1.165) is 70.6 Å². The summed E-state index contributed by atoms with van der Waals surface area (Å²) in [5, 5.41) is 11.6. The van der Waals surface area contributed by atoms with Crippen LogP contribution < -0.4 is 21.3 Å². The molecule has 4 N–H and O–H groups in total. The normalized spacial score (nSPS) is 24.2. The number of likely N-dealkylation sites (tertiary alicyclic amines) is 1. The summed E-state index contributed by atoms with van der Waals surface area (Å²) in [7, 11) is 0. The van der Waals surface area contributed by atoms with Gasteiger partial charge in [0.2, 0.25) is 23.5 Å². The molecule has 3 aliphatic carbocycles. The quantitative estimate of drug-likeness (QED) is 0.229. The van der Waals surface area contributed by atoms with Crippen molar-refractivity contribution in [1.29, 1.82) is 0 Å². The van der Waals surface area contributed by atoms with Crippen molar-refractivity contribution >= 4 is 35.3 Å². The number of aromatic nitrogens is 1. The Hall–Kier alpha value is -3.83. The third-order valence-corrected chi connectivity index (χ3v) is 11.0. The minimum Gasteiger partial charge on any atom is -0.347 e. The lowest BCUT2D eigenvalue weighted by Gasteiger charge is -2.40. The highest BCUT2D eigenvalue weighted by molar-refractivity contribution is 6.38. The molecule has 4 aliphatic rings. The molecule has 4 fully saturated rings. The minimum absolute atomic E-state index is 0.0149. The van der Waals surface area contributed by atoms with Gasteiger partial charge in [0, 0.05) is 18.3 Å². The van der Waals surface area contributed by atoms with Crippen molar-refractivity contribution in [2.24, 2.45) is 17.3 Å². The predicted octanol–water partition coefficient (Wildman–Crippen LogP) is 3.58. The molecule has 1 unspecified atom stereocenters. The Kier molecular flexibility index (Phi) is 12.3. The van der Waals surface area contributed by atoms with Gasteiger partial charge in [0.15, 0.2) is 0 Å².